The molecular weight excluding hydrogens is 346 g/mol. The maximum absolute atomic E-state index is 12.7. The number of hydrogen-bond donors (Lipinski definition) is 2. The summed E-state index contributed by atoms with van der Waals surface area (Å²) < 4.78 is 5.22. The number of ketones is 1. The molecule has 7 heteroatoms. The average Bonchev–Trinajstić information content (AvgIpc) is 3.17. The quantitative estimate of drug-likeness (QED) is 0.644. The number of carbonyl (C=O) groups excluding carboxylic acids is 2. The van der Waals surface area contributed by atoms with Crippen LogP contribution in [0.5, 0.6) is 5.75 Å². The van der Waals surface area contributed by atoms with E-state index in [1.165, 1.54) is 6.92 Å². The zero-order valence-electron chi connectivity index (χ0n) is 14.8. The molecule has 0 aliphatic carbocycles. The van der Waals surface area contributed by atoms with Crippen LogP contribution >= 0.6 is 0 Å². The number of para-hydroxylation sites is 1. The highest BCUT2D eigenvalue weighted by Crippen LogP contribution is 2.40. The van der Waals surface area contributed by atoms with Crippen molar-refractivity contribution < 1.29 is 19.2 Å². The third-order valence-electron chi connectivity index (χ3n) is 4.32. The van der Waals surface area contributed by atoms with Gasteiger partial charge in [-0.15, -0.1) is 0 Å². The smallest absolute Gasteiger partial charge is 0.258 e. The van der Waals surface area contributed by atoms with Crippen molar-refractivity contribution in [2.45, 2.75) is 6.92 Å². The van der Waals surface area contributed by atoms with Crippen molar-refractivity contribution >= 4 is 34.3 Å². The van der Waals surface area contributed by atoms with Gasteiger partial charge in [-0.2, -0.15) is 0 Å². The molecule has 0 radical (unpaired) electrons. The molecule has 0 bridgehead atoms. The molecule has 7 nitrogen and oxygen atoms in total. The topological polar surface area (TPSA) is 89.0 Å². The normalized spacial score (nSPS) is 18.6. The lowest BCUT2D eigenvalue weighted by molar-refractivity contribution is -0.121. The van der Waals surface area contributed by atoms with Crippen LogP contribution in [-0.2, 0) is 14.4 Å². The van der Waals surface area contributed by atoms with Gasteiger partial charge in [-0.3, -0.25) is 9.59 Å². The van der Waals surface area contributed by atoms with E-state index >= 15 is 0 Å². The lowest BCUT2D eigenvalue weighted by atomic mass is 10.0. The Labute approximate surface area is 155 Å². The van der Waals surface area contributed by atoms with Crippen molar-refractivity contribution in [2.75, 3.05) is 24.4 Å². The predicted octanol–water partition coefficient (Wildman–Crippen LogP) is 2.79. The van der Waals surface area contributed by atoms with E-state index in [1.54, 1.807) is 19.2 Å². The molecule has 2 N–H and O–H groups in total. The third kappa shape index (κ3) is 2.93. The largest absolute Gasteiger partial charge is 0.497 e. The van der Waals surface area contributed by atoms with E-state index in [-0.39, 0.29) is 18.3 Å². The van der Waals surface area contributed by atoms with E-state index in [1.807, 2.05) is 30.3 Å². The fraction of sp³-hybridized carbons (Fsp3) is 0.150. The number of fused-ring (bicyclic) bond motifs is 2. The van der Waals surface area contributed by atoms with Gasteiger partial charge in [0.1, 0.15) is 11.5 Å². The molecule has 0 fully saturated rings. The van der Waals surface area contributed by atoms with E-state index < -0.39 is 0 Å². The Morgan fingerprint density at radius 2 is 1.89 bits per heavy atom. The van der Waals surface area contributed by atoms with Gasteiger partial charge in [-0.05, 0) is 25.1 Å². The predicted molar refractivity (Wildman–Crippen MR) is 102 cm³/mol. The van der Waals surface area contributed by atoms with Crippen LogP contribution in [0.2, 0.25) is 0 Å². The maximum atomic E-state index is 12.7. The van der Waals surface area contributed by atoms with Crippen LogP contribution in [0.1, 0.15) is 18.1 Å². The van der Waals surface area contributed by atoms with Crippen LogP contribution in [0.15, 0.2) is 53.3 Å². The number of benzene rings is 2. The van der Waals surface area contributed by atoms with Crippen LogP contribution in [0.4, 0.5) is 11.4 Å². The number of oxime groups is 1. The van der Waals surface area contributed by atoms with Crippen LogP contribution in [0.3, 0.4) is 0 Å². The second kappa shape index (κ2) is 6.60. The van der Waals surface area contributed by atoms with E-state index in [0.29, 0.717) is 28.4 Å². The highest BCUT2D eigenvalue weighted by molar-refractivity contribution is 6.39. The Balaban J connectivity index is 1.84. The number of Topliss-reactive ketones (excluding diaryl/α,β-unsaturated/α-hetero) is 1. The first kappa shape index (κ1) is 16.8. The van der Waals surface area contributed by atoms with Gasteiger partial charge in [0.05, 0.1) is 24.1 Å². The molecule has 4 rings (SSSR count). The number of amides is 1. The standard InChI is InChI=1S/C20H17N3O4/c1-11(24)10-27-23-18-14-5-3-4-6-15(14)21-19(18)17-13-8-7-12(26-2)9-16(13)22-20(17)25/h3-9,21H,10H2,1-2H3,(H,22,25)/b19-17-,23-18+. The van der Waals surface area contributed by atoms with E-state index in [9.17, 15) is 9.59 Å². The summed E-state index contributed by atoms with van der Waals surface area (Å²) in [6, 6.07) is 12.9. The summed E-state index contributed by atoms with van der Waals surface area (Å²) >= 11 is 0. The molecule has 2 aliphatic heterocycles. The van der Waals surface area contributed by atoms with Crippen LogP contribution in [0, 0.1) is 0 Å². The van der Waals surface area contributed by atoms with Crippen molar-refractivity contribution in [2.24, 2.45) is 5.16 Å². The molecule has 2 heterocycles. The Kier molecular flexibility index (Phi) is 4.12. The fourth-order valence-corrected chi connectivity index (χ4v) is 3.12. The number of nitrogens with one attached hydrogen (secondary N) is 2. The maximum Gasteiger partial charge on any atom is 0.258 e. The number of nitrogens with zero attached hydrogens (tertiary/aromatic N) is 1. The molecule has 2 aromatic carbocycles. The number of rotatable bonds is 4. The Bertz CT molecular complexity index is 1020. The molecule has 136 valence electrons. The average molecular weight is 363 g/mol. The minimum absolute atomic E-state index is 0.131. The van der Waals surface area contributed by atoms with Gasteiger partial charge in [0.25, 0.3) is 5.91 Å². The van der Waals surface area contributed by atoms with Gasteiger partial charge < -0.3 is 20.2 Å². The van der Waals surface area contributed by atoms with E-state index in [0.717, 1.165) is 16.8 Å². The summed E-state index contributed by atoms with van der Waals surface area (Å²) in [5, 5.41) is 10.3. The first-order chi connectivity index (χ1) is 13.1. The lowest BCUT2D eigenvalue weighted by Gasteiger charge is -2.07. The Morgan fingerprint density at radius 3 is 2.67 bits per heavy atom. The van der Waals surface area contributed by atoms with Gasteiger partial charge >= 0.3 is 0 Å². The molecule has 0 spiro atoms. The number of anilines is 2. The SMILES string of the molecule is COc1ccc2c(c1)NC(=O)/C2=C1\Nc2ccccc2\C1=N/OCC(C)=O. The number of hydrogen-bond acceptors (Lipinski definition) is 6. The van der Waals surface area contributed by atoms with Crippen molar-refractivity contribution in [3.05, 3.63) is 59.3 Å². The van der Waals surface area contributed by atoms with E-state index in [4.69, 9.17) is 9.57 Å². The third-order valence-corrected chi connectivity index (χ3v) is 4.32. The summed E-state index contributed by atoms with van der Waals surface area (Å²) in [6.45, 7) is 1.29. The molecule has 0 saturated heterocycles. The minimum Gasteiger partial charge on any atom is -0.497 e. The molecule has 0 aromatic heterocycles. The zero-order chi connectivity index (χ0) is 19.0. The molecule has 27 heavy (non-hydrogen) atoms. The molecule has 1 amide bonds. The summed E-state index contributed by atoms with van der Waals surface area (Å²) in [5.74, 6) is 0.276. The number of ether oxygens (including phenoxy) is 1. The van der Waals surface area contributed by atoms with E-state index in [2.05, 4.69) is 15.8 Å². The number of allylic oxidation sites excluding steroid dienone is 1. The van der Waals surface area contributed by atoms with Gasteiger partial charge in [-0.25, -0.2) is 0 Å². The summed E-state index contributed by atoms with van der Waals surface area (Å²) in [5.41, 5.74) is 4.54. The highest BCUT2D eigenvalue weighted by atomic mass is 16.6. The van der Waals surface area contributed by atoms with Gasteiger partial charge in [-0.1, -0.05) is 23.4 Å². The van der Waals surface area contributed by atoms with Crippen molar-refractivity contribution in [3.8, 4) is 5.75 Å². The highest BCUT2D eigenvalue weighted by Gasteiger charge is 2.34. The Hall–Kier alpha value is -3.61. The van der Waals surface area contributed by atoms with Crippen LogP contribution in [-0.4, -0.2) is 31.1 Å². The minimum atomic E-state index is -0.243. The fourth-order valence-electron chi connectivity index (χ4n) is 3.12. The summed E-state index contributed by atoms with van der Waals surface area (Å²) in [4.78, 5) is 29.1. The summed E-state index contributed by atoms with van der Waals surface area (Å²) in [7, 11) is 1.57. The summed E-state index contributed by atoms with van der Waals surface area (Å²) in [6.07, 6.45) is 0. The second-order valence-corrected chi connectivity index (χ2v) is 6.20. The second-order valence-electron chi connectivity index (χ2n) is 6.20. The lowest BCUT2D eigenvalue weighted by Crippen LogP contribution is -2.13. The monoisotopic (exact) mass is 363 g/mol. The molecule has 2 aromatic rings. The van der Waals surface area contributed by atoms with Gasteiger partial charge in [0, 0.05) is 22.9 Å². The van der Waals surface area contributed by atoms with Crippen molar-refractivity contribution in [1.29, 1.82) is 0 Å². The van der Waals surface area contributed by atoms with Gasteiger partial charge in [0.2, 0.25) is 0 Å². The Morgan fingerprint density at radius 1 is 1.07 bits per heavy atom. The number of carbonyl (C=O) groups is 2. The van der Waals surface area contributed by atoms with Crippen LogP contribution < -0.4 is 15.4 Å². The number of methoxy groups -OCH3 is 1. The molecule has 2 aliphatic rings. The van der Waals surface area contributed by atoms with Crippen molar-refractivity contribution in [1.82, 2.24) is 0 Å². The van der Waals surface area contributed by atoms with Crippen LogP contribution in [0.25, 0.3) is 5.57 Å². The first-order valence-corrected chi connectivity index (χ1v) is 8.38. The molecule has 0 atom stereocenters. The van der Waals surface area contributed by atoms with Gasteiger partial charge in [0.15, 0.2) is 12.4 Å². The molecule has 0 saturated carbocycles. The first-order valence-electron chi connectivity index (χ1n) is 8.38. The molecule has 0 unspecified atom stereocenters. The van der Waals surface area contributed by atoms with Crippen molar-refractivity contribution in [3.63, 3.8) is 0 Å². The zero-order valence-corrected chi connectivity index (χ0v) is 14.8. The molecular formula is C20H17N3O4.